The van der Waals surface area contributed by atoms with Gasteiger partial charge in [0.25, 0.3) is 15.9 Å². The van der Waals surface area contributed by atoms with Crippen molar-refractivity contribution < 1.29 is 13.2 Å². The Morgan fingerprint density at radius 3 is 2.61 bits per heavy atom. The van der Waals surface area contributed by atoms with E-state index in [9.17, 15) is 13.2 Å². The molecule has 0 bridgehead atoms. The molecule has 7 heteroatoms. The van der Waals surface area contributed by atoms with Crippen LogP contribution in [0.15, 0.2) is 64.2 Å². The number of aryl methyl sites for hydroxylation is 2. The number of hydrogen-bond donors (Lipinski definition) is 1. The monoisotopic (exact) mass is 412 g/mol. The largest absolute Gasteiger partial charge is 0.322 e. The van der Waals surface area contributed by atoms with Crippen LogP contribution in [0.25, 0.3) is 0 Å². The molecule has 1 aliphatic heterocycles. The van der Waals surface area contributed by atoms with Gasteiger partial charge in [-0.15, -0.1) is 11.3 Å². The van der Waals surface area contributed by atoms with Gasteiger partial charge >= 0.3 is 0 Å². The maximum atomic E-state index is 13.0. The zero-order valence-corrected chi connectivity index (χ0v) is 17.0. The highest BCUT2D eigenvalue weighted by atomic mass is 32.2. The molecule has 0 radical (unpaired) electrons. The van der Waals surface area contributed by atoms with Gasteiger partial charge in [0, 0.05) is 17.8 Å². The molecule has 0 fully saturated rings. The number of thiophene rings is 1. The fraction of sp³-hybridized carbons (Fsp3) is 0.190. The zero-order chi connectivity index (χ0) is 19.7. The molecule has 0 aliphatic carbocycles. The molecule has 1 N–H and O–H groups in total. The van der Waals surface area contributed by atoms with E-state index in [2.05, 4.69) is 5.32 Å². The lowest BCUT2D eigenvalue weighted by atomic mass is 10.0. The van der Waals surface area contributed by atoms with Gasteiger partial charge in [0.2, 0.25) is 0 Å². The molecule has 28 heavy (non-hydrogen) atoms. The van der Waals surface area contributed by atoms with Crippen LogP contribution < -0.4 is 9.62 Å². The fourth-order valence-electron chi connectivity index (χ4n) is 3.30. The van der Waals surface area contributed by atoms with Crippen molar-refractivity contribution in [2.45, 2.75) is 24.0 Å². The molecule has 1 aliphatic rings. The topological polar surface area (TPSA) is 66.5 Å². The van der Waals surface area contributed by atoms with Crippen LogP contribution in [-0.4, -0.2) is 20.9 Å². The predicted molar refractivity (Wildman–Crippen MR) is 113 cm³/mol. The minimum absolute atomic E-state index is 0.219. The SMILES string of the molecule is Cc1ccc(C(=O)Nc2ccc3c(c2)N(S(=O)(=O)c2cccs2)CCC3)cc1. The molecular formula is C21H20N2O3S2. The van der Waals surface area contributed by atoms with Crippen molar-refractivity contribution in [3.63, 3.8) is 0 Å². The number of fused-ring (bicyclic) bond motifs is 1. The number of sulfonamides is 1. The van der Waals surface area contributed by atoms with Gasteiger partial charge in [0.1, 0.15) is 4.21 Å². The van der Waals surface area contributed by atoms with Gasteiger partial charge in [0.05, 0.1) is 5.69 Å². The van der Waals surface area contributed by atoms with E-state index in [1.807, 2.05) is 31.2 Å². The third-order valence-corrected chi connectivity index (χ3v) is 7.96. The summed E-state index contributed by atoms with van der Waals surface area (Å²) in [6.07, 6.45) is 1.59. The predicted octanol–water partition coefficient (Wildman–Crippen LogP) is 4.45. The Labute approximate surface area is 168 Å². The number of benzene rings is 2. The molecule has 0 saturated heterocycles. The van der Waals surface area contributed by atoms with E-state index in [0.717, 1.165) is 24.0 Å². The van der Waals surface area contributed by atoms with Crippen LogP contribution >= 0.6 is 11.3 Å². The fourth-order valence-corrected chi connectivity index (χ4v) is 5.93. The number of carbonyl (C=O) groups excluding carboxylic acids is 1. The number of nitrogens with one attached hydrogen (secondary N) is 1. The van der Waals surface area contributed by atoms with E-state index in [1.54, 1.807) is 35.7 Å². The van der Waals surface area contributed by atoms with E-state index in [0.29, 0.717) is 27.7 Å². The third kappa shape index (κ3) is 3.55. The summed E-state index contributed by atoms with van der Waals surface area (Å²) < 4.78 is 27.9. The van der Waals surface area contributed by atoms with Crippen LogP contribution in [0.2, 0.25) is 0 Å². The first-order chi connectivity index (χ1) is 13.4. The van der Waals surface area contributed by atoms with Gasteiger partial charge in [-0.3, -0.25) is 9.10 Å². The van der Waals surface area contributed by atoms with Gasteiger partial charge in [-0.25, -0.2) is 8.42 Å². The van der Waals surface area contributed by atoms with E-state index < -0.39 is 10.0 Å². The molecule has 144 valence electrons. The third-order valence-electron chi connectivity index (χ3n) is 4.77. The van der Waals surface area contributed by atoms with E-state index in [-0.39, 0.29) is 5.91 Å². The van der Waals surface area contributed by atoms with Gasteiger partial charge in [0.15, 0.2) is 0 Å². The molecular weight excluding hydrogens is 392 g/mol. The Bertz CT molecular complexity index is 1110. The Kier molecular flexibility index (Phi) is 4.95. The van der Waals surface area contributed by atoms with Gasteiger partial charge < -0.3 is 5.32 Å². The zero-order valence-electron chi connectivity index (χ0n) is 15.4. The quantitative estimate of drug-likeness (QED) is 0.688. The number of hydrogen-bond acceptors (Lipinski definition) is 4. The Balaban J connectivity index is 1.65. The van der Waals surface area contributed by atoms with E-state index in [1.165, 1.54) is 15.6 Å². The second-order valence-corrected chi connectivity index (χ2v) is 9.81. The smallest absolute Gasteiger partial charge is 0.273 e. The summed E-state index contributed by atoms with van der Waals surface area (Å²) in [6, 6.07) is 16.2. The highest BCUT2D eigenvalue weighted by Crippen LogP contribution is 2.35. The van der Waals surface area contributed by atoms with Crippen molar-refractivity contribution in [3.05, 3.63) is 76.7 Å². The first-order valence-corrected chi connectivity index (χ1v) is 11.3. The van der Waals surface area contributed by atoms with Crippen LogP contribution in [0.5, 0.6) is 0 Å². The highest BCUT2D eigenvalue weighted by Gasteiger charge is 2.30. The van der Waals surface area contributed by atoms with Crippen LogP contribution in [-0.2, 0) is 16.4 Å². The van der Waals surface area contributed by atoms with Crippen molar-refractivity contribution in [2.75, 3.05) is 16.2 Å². The lowest BCUT2D eigenvalue weighted by molar-refractivity contribution is 0.102. The number of carbonyl (C=O) groups is 1. The molecule has 1 aromatic heterocycles. The summed E-state index contributed by atoms with van der Waals surface area (Å²) >= 11 is 1.21. The van der Waals surface area contributed by atoms with Gasteiger partial charge in [-0.1, -0.05) is 29.8 Å². The normalized spacial score (nSPS) is 13.8. The van der Waals surface area contributed by atoms with Crippen LogP contribution in [0.3, 0.4) is 0 Å². The molecule has 0 atom stereocenters. The summed E-state index contributed by atoms with van der Waals surface area (Å²) in [7, 11) is -3.60. The summed E-state index contributed by atoms with van der Waals surface area (Å²) in [6.45, 7) is 2.40. The molecule has 0 unspecified atom stereocenters. The molecule has 3 aromatic rings. The average Bonchev–Trinajstić information content (AvgIpc) is 3.23. The van der Waals surface area contributed by atoms with E-state index >= 15 is 0 Å². The molecule has 5 nitrogen and oxygen atoms in total. The van der Waals surface area contributed by atoms with Crippen molar-refractivity contribution >= 4 is 38.6 Å². The molecule has 4 rings (SSSR count). The molecule has 0 saturated carbocycles. The summed E-state index contributed by atoms with van der Waals surface area (Å²) in [5.74, 6) is -0.219. The van der Waals surface area contributed by atoms with Crippen LogP contribution in [0, 0.1) is 6.92 Å². The second-order valence-electron chi connectivity index (χ2n) is 6.78. The van der Waals surface area contributed by atoms with E-state index in [4.69, 9.17) is 0 Å². The minimum atomic E-state index is -3.60. The summed E-state index contributed by atoms with van der Waals surface area (Å²) in [4.78, 5) is 12.5. The Morgan fingerprint density at radius 1 is 1.11 bits per heavy atom. The number of rotatable bonds is 4. The lowest BCUT2D eigenvalue weighted by Crippen LogP contribution is -2.35. The highest BCUT2D eigenvalue weighted by molar-refractivity contribution is 7.94. The van der Waals surface area contributed by atoms with Crippen LogP contribution in [0.1, 0.15) is 27.9 Å². The Hall–Kier alpha value is -2.64. The molecule has 2 aromatic carbocycles. The second kappa shape index (κ2) is 7.41. The maximum absolute atomic E-state index is 13.0. The molecule has 0 spiro atoms. The molecule has 1 amide bonds. The number of anilines is 2. The Morgan fingerprint density at radius 2 is 1.89 bits per heavy atom. The van der Waals surface area contributed by atoms with Crippen molar-refractivity contribution in [1.82, 2.24) is 0 Å². The van der Waals surface area contributed by atoms with Crippen molar-refractivity contribution in [3.8, 4) is 0 Å². The van der Waals surface area contributed by atoms with Crippen LogP contribution in [0.4, 0.5) is 11.4 Å². The molecule has 2 heterocycles. The van der Waals surface area contributed by atoms with Gasteiger partial charge in [-0.2, -0.15) is 0 Å². The van der Waals surface area contributed by atoms with Crippen molar-refractivity contribution in [2.24, 2.45) is 0 Å². The average molecular weight is 413 g/mol. The summed E-state index contributed by atoms with van der Waals surface area (Å²) in [5.41, 5.74) is 3.84. The first-order valence-electron chi connectivity index (χ1n) is 9.02. The van der Waals surface area contributed by atoms with Gasteiger partial charge in [-0.05, 0) is 61.0 Å². The standard InChI is InChI=1S/C21H20N2O3S2/c1-15-6-8-17(9-7-15)21(24)22-18-11-10-16-4-2-12-23(19(16)14-18)28(25,26)20-5-3-13-27-20/h3,5-11,13-14H,2,4,12H2,1H3,(H,22,24). The summed E-state index contributed by atoms with van der Waals surface area (Å²) in [5, 5.41) is 4.64. The maximum Gasteiger partial charge on any atom is 0.273 e. The van der Waals surface area contributed by atoms with Crippen molar-refractivity contribution in [1.29, 1.82) is 0 Å². The lowest BCUT2D eigenvalue weighted by Gasteiger charge is -2.30. The minimum Gasteiger partial charge on any atom is -0.322 e. The number of nitrogens with zero attached hydrogens (tertiary/aromatic N) is 1. The number of amides is 1. The first kappa shape index (κ1) is 18.7.